The van der Waals surface area contributed by atoms with Crippen LogP contribution in [0.2, 0.25) is 0 Å². The van der Waals surface area contributed by atoms with E-state index in [4.69, 9.17) is 4.42 Å². The van der Waals surface area contributed by atoms with Crippen LogP contribution < -0.4 is 5.32 Å². The molecule has 23 heavy (non-hydrogen) atoms. The molecule has 0 aliphatic heterocycles. The molecular formula is C17H26N4O2. The van der Waals surface area contributed by atoms with Gasteiger partial charge in [0.15, 0.2) is 5.76 Å². The first-order valence-corrected chi connectivity index (χ1v) is 7.87. The Morgan fingerprint density at radius 1 is 1.35 bits per heavy atom. The fourth-order valence-corrected chi connectivity index (χ4v) is 2.58. The Morgan fingerprint density at radius 2 is 2.04 bits per heavy atom. The molecule has 0 fully saturated rings. The number of carbonyl (C=O) groups is 1. The van der Waals surface area contributed by atoms with Gasteiger partial charge in [0.25, 0.3) is 5.91 Å². The highest BCUT2D eigenvalue weighted by molar-refractivity contribution is 5.91. The van der Waals surface area contributed by atoms with Gasteiger partial charge in [0, 0.05) is 37.9 Å². The van der Waals surface area contributed by atoms with Gasteiger partial charge >= 0.3 is 0 Å². The van der Waals surface area contributed by atoms with Crippen LogP contribution in [0.3, 0.4) is 0 Å². The summed E-state index contributed by atoms with van der Waals surface area (Å²) in [5.41, 5.74) is 3.49. The van der Waals surface area contributed by atoms with E-state index < -0.39 is 0 Å². The Kier molecular flexibility index (Phi) is 5.26. The van der Waals surface area contributed by atoms with E-state index in [0.29, 0.717) is 18.3 Å². The highest BCUT2D eigenvalue weighted by Crippen LogP contribution is 2.19. The van der Waals surface area contributed by atoms with Crippen molar-refractivity contribution in [1.82, 2.24) is 20.0 Å². The van der Waals surface area contributed by atoms with Crippen molar-refractivity contribution in [2.75, 3.05) is 7.05 Å². The standard InChI is InChI=1S/C17H26N4O2/c1-11(2)21(10-15-12(3)19-20(6)13(15)4)9-14-7-8-16(23-14)17(22)18-5/h7-8,11H,9-10H2,1-6H3,(H,18,22). The number of furan rings is 1. The Labute approximate surface area is 137 Å². The van der Waals surface area contributed by atoms with E-state index in [1.54, 1.807) is 13.1 Å². The third kappa shape index (κ3) is 3.82. The Bertz CT molecular complexity index is 685. The molecule has 0 bridgehead atoms. The minimum Gasteiger partial charge on any atom is -0.455 e. The summed E-state index contributed by atoms with van der Waals surface area (Å²) in [5, 5.41) is 7.05. The molecule has 0 saturated carbocycles. The van der Waals surface area contributed by atoms with Crippen molar-refractivity contribution in [1.29, 1.82) is 0 Å². The second kappa shape index (κ2) is 7.00. The second-order valence-corrected chi connectivity index (χ2v) is 6.12. The van der Waals surface area contributed by atoms with E-state index in [9.17, 15) is 4.79 Å². The molecule has 0 radical (unpaired) electrons. The van der Waals surface area contributed by atoms with E-state index in [0.717, 1.165) is 18.0 Å². The maximum Gasteiger partial charge on any atom is 0.286 e. The van der Waals surface area contributed by atoms with E-state index >= 15 is 0 Å². The van der Waals surface area contributed by atoms with E-state index in [1.165, 1.54) is 11.3 Å². The molecular weight excluding hydrogens is 292 g/mol. The zero-order valence-electron chi connectivity index (χ0n) is 14.8. The molecule has 0 aliphatic carbocycles. The SMILES string of the molecule is CNC(=O)c1ccc(CN(Cc2c(C)nn(C)c2C)C(C)C)o1. The lowest BCUT2D eigenvalue weighted by atomic mass is 10.1. The van der Waals surface area contributed by atoms with Gasteiger partial charge in [-0.25, -0.2) is 0 Å². The average molecular weight is 318 g/mol. The van der Waals surface area contributed by atoms with Gasteiger partial charge in [-0.15, -0.1) is 0 Å². The first kappa shape index (κ1) is 17.3. The van der Waals surface area contributed by atoms with Crippen LogP contribution in [0.15, 0.2) is 16.5 Å². The molecule has 2 aromatic heterocycles. The van der Waals surface area contributed by atoms with Crippen LogP contribution >= 0.6 is 0 Å². The van der Waals surface area contributed by atoms with E-state index in [2.05, 4.69) is 36.1 Å². The summed E-state index contributed by atoms with van der Waals surface area (Å²) in [6, 6.07) is 3.93. The Balaban J connectivity index is 2.16. The van der Waals surface area contributed by atoms with E-state index in [-0.39, 0.29) is 5.91 Å². The van der Waals surface area contributed by atoms with E-state index in [1.807, 2.05) is 24.7 Å². The predicted octanol–water partition coefficient (Wildman–Crippen LogP) is 2.40. The van der Waals surface area contributed by atoms with Crippen LogP contribution in [-0.2, 0) is 20.1 Å². The van der Waals surface area contributed by atoms with Crippen molar-refractivity contribution in [2.24, 2.45) is 7.05 Å². The molecule has 1 amide bonds. The molecule has 6 heteroatoms. The van der Waals surface area contributed by atoms with Crippen LogP contribution in [0.4, 0.5) is 0 Å². The average Bonchev–Trinajstić information content (AvgIpc) is 3.06. The lowest BCUT2D eigenvalue weighted by Crippen LogP contribution is -2.30. The van der Waals surface area contributed by atoms with Crippen molar-refractivity contribution in [3.8, 4) is 0 Å². The third-order valence-electron chi connectivity index (χ3n) is 4.22. The van der Waals surface area contributed by atoms with Gasteiger partial charge in [-0.1, -0.05) is 0 Å². The third-order valence-corrected chi connectivity index (χ3v) is 4.22. The van der Waals surface area contributed by atoms with Crippen LogP contribution in [0, 0.1) is 13.8 Å². The number of amides is 1. The maximum atomic E-state index is 11.6. The fraction of sp³-hybridized carbons (Fsp3) is 0.529. The summed E-state index contributed by atoms with van der Waals surface area (Å²) in [5.74, 6) is 0.933. The van der Waals surface area contributed by atoms with Crippen molar-refractivity contribution < 1.29 is 9.21 Å². The van der Waals surface area contributed by atoms with Crippen molar-refractivity contribution in [3.63, 3.8) is 0 Å². The predicted molar refractivity (Wildman–Crippen MR) is 89.2 cm³/mol. The number of carbonyl (C=O) groups excluding carboxylic acids is 1. The minimum absolute atomic E-state index is 0.203. The van der Waals surface area contributed by atoms with Crippen molar-refractivity contribution in [2.45, 2.75) is 46.8 Å². The smallest absolute Gasteiger partial charge is 0.286 e. The molecule has 0 aromatic carbocycles. The number of nitrogens with one attached hydrogen (secondary N) is 1. The lowest BCUT2D eigenvalue weighted by molar-refractivity contribution is 0.0930. The van der Waals surface area contributed by atoms with Gasteiger partial charge in [0.1, 0.15) is 5.76 Å². The Morgan fingerprint density at radius 3 is 2.57 bits per heavy atom. The summed E-state index contributed by atoms with van der Waals surface area (Å²) in [7, 11) is 3.56. The number of aromatic nitrogens is 2. The van der Waals surface area contributed by atoms with Crippen molar-refractivity contribution in [3.05, 3.63) is 40.6 Å². The van der Waals surface area contributed by atoms with Crippen LogP contribution in [-0.4, -0.2) is 33.7 Å². The highest BCUT2D eigenvalue weighted by Gasteiger charge is 2.18. The number of rotatable bonds is 6. The highest BCUT2D eigenvalue weighted by atomic mass is 16.4. The van der Waals surface area contributed by atoms with Crippen LogP contribution in [0.1, 0.15) is 47.1 Å². The van der Waals surface area contributed by atoms with Gasteiger partial charge in [-0.3, -0.25) is 14.4 Å². The normalized spacial score (nSPS) is 11.5. The summed E-state index contributed by atoms with van der Waals surface area (Å²) < 4.78 is 7.56. The lowest BCUT2D eigenvalue weighted by Gasteiger charge is -2.25. The quantitative estimate of drug-likeness (QED) is 0.888. The topological polar surface area (TPSA) is 63.3 Å². The van der Waals surface area contributed by atoms with Gasteiger partial charge in [0.2, 0.25) is 0 Å². The summed E-state index contributed by atoms with van der Waals surface area (Å²) in [6.45, 7) is 9.90. The summed E-state index contributed by atoms with van der Waals surface area (Å²) in [4.78, 5) is 13.9. The zero-order valence-corrected chi connectivity index (χ0v) is 14.8. The van der Waals surface area contributed by atoms with Gasteiger partial charge in [-0.05, 0) is 39.8 Å². The molecule has 126 valence electrons. The zero-order chi connectivity index (χ0) is 17.1. The fourth-order valence-electron chi connectivity index (χ4n) is 2.58. The van der Waals surface area contributed by atoms with Crippen molar-refractivity contribution >= 4 is 5.91 Å². The monoisotopic (exact) mass is 318 g/mol. The Hall–Kier alpha value is -2.08. The molecule has 2 rings (SSSR count). The number of hydrogen-bond acceptors (Lipinski definition) is 4. The number of nitrogens with zero attached hydrogens (tertiary/aromatic N) is 3. The molecule has 6 nitrogen and oxygen atoms in total. The summed E-state index contributed by atoms with van der Waals surface area (Å²) in [6.07, 6.45) is 0. The van der Waals surface area contributed by atoms with Gasteiger partial charge in [-0.2, -0.15) is 5.10 Å². The maximum absolute atomic E-state index is 11.6. The largest absolute Gasteiger partial charge is 0.455 e. The van der Waals surface area contributed by atoms with Gasteiger partial charge in [0.05, 0.1) is 12.2 Å². The summed E-state index contributed by atoms with van der Waals surface area (Å²) >= 11 is 0. The minimum atomic E-state index is -0.203. The number of aryl methyl sites for hydroxylation is 2. The first-order valence-electron chi connectivity index (χ1n) is 7.87. The molecule has 0 spiro atoms. The second-order valence-electron chi connectivity index (χ2n) is 6.12. The molecule has 0 saturated heterocycles. The van der Waals surface area contributed by atoms with Gasteiger partial charge < -0.3 is 9.73 Å². The molecule has 2 heterocycles. The molecule has 0 unspecified atom stereocenters. The van der Waals surface area contributed by atoms with Crippen LogP contribution in [0.25, 0.3) is 0 Å². The molecule has 2 aromatic rings. The number of hydrogen-bond donors (Lipinski definition) is 1. The molecule has 0 atom stereocenters. The molecule has 0 aliphatic rings. The molecule has 1 N–H and O–H groups in total. The van der Waals surface area contributed by atoms with Crippen LogP contribution in [0.5, 0.6) is 0 Å². The first-order chi connectivity index (χ1) is 10.8.